The fourth-order valence-corrected chi connectivity index (χ4v) is 3.03. The lowest BCUT2D eigenvalue weighted by atomic mass is 10.4. The zero-order valence-corrected chi connectivity index (χ0v) is 12.0. The highest BCUT2D eigenvalue weighted by Crippen LogP contribution is 2.24. The van der Waals surface area contributed by atoms with Gasteiger partial charge < -0.3 is 9.66 Å². The molecule has 0 bridgehead atoms. The highest BCUT2D eigenvalue weighted by molar-refractivity contribution is 7.90. The van der Waals surface area contributed by atoms with Crippen molar-refractivity contribution in [1.29, 1.82) is 0 Å². The predicted octanol–water partition coefficient (Wildman–Crippen LogP) is 1.90. The van der Waals surface area contributed by atoms with Gasteiger partial charge in [0.25, 0.3) is 0 Å². The summed E-state index contributed by atoms with van der Waals surface area (Å²) < 4.78 is 12.1. The first-order chi connectivity index (χ1) is 8.97. The zero-order valence-electron chi connectivity index (χ0n) is 9.67. The molecule has 9 heteroatoms. The maximum absolute atomic E-state index is 12.1. The van der Waals surface area contributed by atoms with Gasteiger partial charge in [-0.2, -0.15) is 4.98 Å². The lowest BCUT2D eigenvalue weighted by molar-refractivity contribution is 0.442. The van der Waals surface area contributed by atoms with Crippen LogP contribution in [-0.2, 0) is 16.9 Å². The van der Waals surface area contributed by atoms with Crippen molar-refractivity contribution in [3.05, 3.63) is 34.0 Å². The van der Waals surface area contributed by atoms with E-state index in [1.807, 2.05) is 0 Å². The second-order valence-corrected chi connectivity index (χ2v) is 5.63. The molecule has 2 aromatic rings. The first-order valence-electron chi connectivity index (χ1n) is 5.05. The Kier molecular flexibility index (Phi) is 4.41. The minimum absolute atomic E-state index is 0.00786. The summed E-state index contributed by atoms with van der Waals surface area (Å²) >= 11 is 10.1. The second-order valence-electron chi connectivity index (χ2n) is 3.57. The van der Waals surface area contributed by atoms with Gasteiger partial charge in [0.05, 0.1) is 5.56 Å². The first-order valence-corrected chi connectivity index (χ1v) is 7.12. The smallest absolute Gasteiger partial charge is 0.346 e. The predicted molar refractivity (Wildman–Crippen MR) is 70.6 cm³/mol. The number of hydrogen-bond donors (Lipinski definition) is 1. The number of rotatable bonds is 3. The van der Waals surface area contributed by atoms with Gasteiger partial charge >= 0.3 is 5.16 Å². The second kappa shape index (κ2) is 5.87. The number of hydrogen-bond acceptors (Lipinski definition) is 6. The van der Waals surface area contributed by atoms with E-state index in [-0.39, 0.29) is 27.1 Å². The van der Waals surface area contributed by atoms with E-state index in [0.717, 1.165) is 0 Å². The lowest BCUT2D eigenvalue weighted by Crippen LogP contribution is -2.11. The van der Waals surface area contributed by atoms with Crippen molar-refractivity contribution >= 4 is 34.4 Å². The van der Waals surface area contributed by atoms with Crippen molar-refractivity contribution in [3.63, 3.8) is 0 Å². The van der Waals surface area contributed by atoms with E-state index >= 15 is 0 Å². The fraction of sp³-hybridized carbons (Fsp3) is 0.200. The molecule has 0 aliphatic carbocycles. The molecule has 1 unspecified atom stereocenters. The molecule has 0 fully saturated rings. The summed E-state index contributed by atoms with van der Waals surface area (Å²) in [4.78, 5) is 15.2. The van der Waals surface area contributed by atoms with E-state index in [1.165, 1.54) is 12.4 Å². The number of halogens is 2. The average Bonchev–Trinajstić information content (AvgIpc) is 2.32. The topological polar surface area (TPSA) is 94.9 Å². The average molecular weight is 319 g/mol. The van der Waals surface area contributed by atoms with Gasteiger partial charge in [0.15, 0.2) is 0 Å². The zero-order chi connectivity index (χ0) is 14.0. The molecule has 1 atom stereocenters. The Morgan fingerprint density at radius 3 is 2.47 bits per heavy atom. The fourth-order valence-electron chi connectivity index (χ4n) is 1.31. The van der Waals surface area contributed by atoms with Gasteiger partial charge in [-0.05, 0) is 6.92 Å². The number of aromatic nitrogens is 4. The molecule has 0 amide bonds. The van der Waals surface area contributed by atoms with E-state index < -0.39 is 11.2 Å². The van der Waals surface area contributed by atoms with Crippen LogP contribution in [0.1, 0.15) is 11.3 Å². The molecule has 19 heavy (non-hydrogen) atoms. The van der Waals surface area contributed by atoms with Crippen molar-refractivity contribution in [2.24, 2.45) is 0 Å². The van der Waals surface area contributed by atoms with Gasteiger partial charge in [-0.15, -0.1) is 4.98 Å². The van der Waals surface area contributed by atoms with E-state index in [4.69, 9.17) is 23.2 Å². The Hall–Kier alpha value is -1.15. The normalized spacial score (nSPS) is 12.4. The molecule has 0 saturated heterocycles. The first kappa shape index (κ1) is 14.3. The summed E-state index contributed by atoms with van der Waals surface area (Å²) in [6.07, 6.45) is 1.21. The summed E-state index contributed by atoms with van der Waals surface area (Å²) in [5, 5.41) is 9.62. The van der Waals surface area contributed by atoms with Crippen LogP contribution in [0.4, 0.5) is 0 Å². The molecule has 0 radical (unpaired) electrons. The monoisotopic (exact) mass is 318 g/mol. The Bertz CT molecular complexity index is 574. The third kappa shape index (κ3) is 3.44. The van der Waals surface area contributed by atoms with Gasteiger partial charge in [0.1, 0.15) is 22.4 Å². The van der Waals surface area contributed by atoms with Gasteiger partial charge in [0.2, 0.25) is 5.88 Å². The molecule has 2 rings (SSSR count). The molecule has 2 heterocycles. The quantitative estimate of drug-likeness (QED) is 0.527. The van der Waals surface area contributed by atoms with Crippen LogP contribution in [0.2, 0.25) is 10.3 Å². The van der Waals surface area contributed by atoms with Crippen LogP contribution in [0.25, 0.3) is 0 Å². The summed E-state index contributed by atoms with van der Waals surface area (Å²) in [5.41, 5.74) is 0.867. The van der Waals surface area contributed by atoms with E-state index in [9.17, 15) is 9.66 Å². The van der Waals surface area contributed by atoms with Gasteiger partial charge in [-0.25, -0.2) is 9.97 Å². The van der Waals surface area contributed by atoms with Crippen LogP contribution in [-0.4, -0.2) is 29.6 Å². The van der Waals surface area contributed by atoms with Crippen LogP contribution in [0.15, 0.2) is 17.6 Å². The molecule has 0 aliphatic heterocycles. The molecule has 2 aromatic heterocycles. The summed E-state index contributed by atoms with van der Waals surface area (Å²) in [5.74, 6) is -0.265. The van der Waals surface area contributed by atoms with Crippen LogP contribution in [0.5, 0.6) is 5.88 Å². The van der Waals surface area contributed by atoms with Gasteiger partial charge in [0, 0.05) is 22.9 Å². The van der Waals surface area contributed by atoms with E-state index in [1.54, 1.807) is 6.92 Å². The summed E-state index contributed by atoms with van der Waals surface area (Å²) in [6, 6.07) is 1.37. The van der Waals surface area contributed by atoms with Crippen LogP contribution in [0.3, 0.4) is 0 Å². The number of aryl methyl sites for hydroxylation is 1. The third-order valence-electron chi connectivity index (χ3n) is 2.14. The molecular weight excluding hydrogens is 311 g/mol. The van der Waals surface area contributed by atoms with Gasteiger partial charge in [-0.1, -0.05) is 23.2 Å². The number of nitrogens with zero attached hydrogens (tertiary/aromatic N) is 4. The van der Waals surface area contributed by atoms with E-state index in [0.29, 0.717) is 11.3 Å². The molecule has 0 aromatic carbocycles. The third-order valence-corrected chi connectivity index (χ3v) is 3.93. The van der Waals surface area contributed by atoms with Crippen molar-refractivity contribution in [3.8, 4) is 5.88 Å². The maximum atomic E-state index is 12.1. The van der Waals surface area contributed by atoms with Crippen molar-refractivity contribution in [2.45, 2.75) is 17.8 Å². The Labute approximate surface area is 122 Å². The molecule has 0 saturated carbocycles. The molecule has 100 valence electrons. The molecule has 6 nitrogen and oxygen atoms in total. The van der Waals surface area contributed by atoms with Crippen molar-refractivity contribution in [2.75, 3.05) is 0 Å². The standard InChI is InChI=1S/C10H8Cl2N4O2S/c1-5-2-7(17)16-10(15-5)19(18)3-6-8(11)13-4-14-9(6)12/h2,4H,3H2,1H3,(H,15,16,17). The lowest BCUT2D eigenvalue weighted by Gasteiger charge is -2.10. The minimum atomic E-state index is -1.61. The largest absolute Gasteiger partial charge is 0.609 e. The summed E-state index contributed by atoms with van der Waals surface area (Å²) in [6.45, 7) is 1.66. The molecule has 0 spiro atoms. The van der Waals surface area contributed by atoms with Gasteiger partial charge in [-0.3, -0.25) is 0 Å². The molecule has 0 aliphatic rings. The maximum Gasteiger partial charge on any atom is 0.346 e. The Morgan fingerprint density at radius 1 is 1.26 bits per heavy atom. The minimum Gasteiger partial charge on any atom is -0.609 e. The highest BCUT2D eigenvalue weighted by atomic mass is 35.5. The number of aromatic hydroxyl groups is 1. The van der Waals surface area contributed by atoms with Crippen molar-refractivity contribution < 1.29 is 9.66 Å². The summed E-state index contributed by atoms with van der Waals surface area (Å²) in [7, 11) is 0. The highest BCUT2D eigenvalue weighted by Gasteiger charge is 2.21. The molecular formula is C10H8Cl2N4O2S. The SMILES string of the molecule is Cc1cc(O)nc([S+]([O-])Cc2c(Cl)ncnc2Cl)n1. The van der Waals surface area contributed by atoms with Crippen molar-refractivity contribution in [1.82, 2.24) is 19.9 Å². The van der Waals surface area contributed by atoms with Crippen LogP contribution >= 0.6 is 23.2 Å². The Balaban J connectivity index is 2.28. The molecule has 1 N–H and O–H groups in total. The van der Waals surface area contributed by atoms with Crippen LogP contribution < -0.4 is 0 Å². The Morgan fingerprint density at radius 2 is 1.89 bits per heavy atom. The van der Waals surface area contributed by atoms with E-state index in [2.05, 4.69) is 19.9 Å². The van der Waals surface area contributed by atoms with Crippen LogP contribution in [0, 0.1) is 6.92 Å².